The Bertz CT molecular complexity index is 1070. The van der Waals surface area contributed by atoms with Crippen LogP contribution in [0.5, 0.6) is 0 Å². The molecule has 1 aromatic heterocycles. The van der Waals surface area contributed by atoms with E-state index in [4.69, 9.17) is 14.3 Å². The second-order valence-corrected chi connectivity index (χ2v) is 10.00. The molecule has 1 saturated heterocycles. The predicted octanol–water partition coefficient (Wildman–Crippen LogP) is 2.94. The average molecular weight is 489 g/mol. The Morgan fingerprint density at radius 1 is 1.23 bits per heavy atom. The molecule has 5 rings (SSSR count). The molecule has 1 aromatic carbocycles. The van der Waals surface area contributed by atoms with E-state index in [-0.39, 0.29) is 18.0 Å². The van der Waals surface area contributed by atoms with E-state index >= 15 is 0 Å². The van der Waals surface area contributed by atoms with E-state index in [2.05, 4.69) is 15.5 Å². The van der Waals surface area contributed by atoms with Crippen molar-refractivity contribution < 1.29 is 28.9 Å². The van der Waals surface area contributed by atoms with Crippen LogP contribution in [0.1, 0.15) is 56.6 Å². The maximum Gasteiger partial charge on any atom is 0.143 e. The number of methoxy groups -OCH3 is 1. The summed E-state index contributed by atoms with van der Waals surface area (Å²) >= 11 is 0. The molecule has 1 spiro atoms. The van der Waals surface area contributed by atoms with Crippen molar-refractivity contribution >= 4 is 5.71 Å². The minimum absolute atomic E-state index is 0.204. The summed E-state index contributed by atoms with van der Waals surface area (Å²) in [6.07, 6.45) is 5.43. The van der Waals surface area contributed by atoms with E-state index in [9.17, 15) is 14.6 Å². The van der Waals surface area contributed by atoms with Gasteiger partial charge in [-0.3, -0.25) is 0 Å². The molecule has 3 heterocycles. The van der Waals surface area contributed by atoms with Crippen LogP contribution in [-0.4, -0.2) is 74.7 Å². The first kappa shape index (κ1) is 24.3. The van der Waals surface area contributed by atoms with Gasteiger partial charge in [-0.25, -0.2) is 9.07 Å². The molecule has 2 N–H and O–H groups in total. The van der Waals surface area contributed by atoms with Crippen LogP contribution in [0, 0.1) is 12.7 Å². The Morgan fingerprint density at radius 3 is 2.74 bits per heavy atom. The number of hydrogen-bond acceptors (Lipinski definition) is 8. The highest BCUT2D eigenvalue weighted by Crippen LogP contribution is 2.41. The fourth-order valence-electron chi connectivity index (χ4n) is 5.64. The summed E-state index contributed by atoms with van der Waals surface area (Å²) < 4.78 is 27.5. The number of ether oxygens (including phenoxy) is 2. The summed E-state index contributed by atoms with van der Waals surface area (Å²) in [6, 6.07) is 4.21. The summed E-state index contributed by atoms with van der Waals surface area (Å²) in [5.41, 5.74) is 2.30. The maximum atomic E-state index is 14.1. The number of hydrogen-bond donors (Lipinski definition) is 2. The largest absolute Gasteiger partial charge is 0.394 e. The smallest absolute Gasteiger partial charge is 0.143 e. The van der Waals surface area contributed by atoms with Crippen LogP contribution in [0.25, 0.3) is 11.3 Å². The second-order valence-electron chi connectivity index (χ2n) is 10.00. The van der Waals surface area contributed by atoms with Crippen molar-refractivity contribution in [3.63, 3.8) is 0 Å². The average Bonchev–Trinajstić information content (AvgIpc) is 3.49. The Kier molecular flexibility index (Phi) is 6.89. The molecule has 0 radical (unpaired) electrons. The van der Waals surface area contributed by atoms with Gasteiger partial charge >= 0.3 is 0 Å². The third-order valence-corrected chi connectivity index (χ3v) is 7.62. The minimum Gasteiger partial charge on any atom is -0.394 e. The number of halogens is 1. The van der Waals surface area contributed by atoms with E-state index in [1.807, 2.05) is 0 Å². The van der Waals surface area contributed by atoms with Crippen molar-refractivity contribution in [2.45, 2.75) is 87.9 Å². The van der Waals surface area contributed by atoms with Gasteiger partial charge in [-0.2, -0.15) is 0 Å². The zero-order valence-corrected chi connectivity index (χ0v) is 20.1. The lowest BCUT2D eigenvalue weighted by atomic mass is 9.80. The third-order valence-electron chi connectivity index (χ3n) is 7.62. The molecule has 2 fully saturated rings. The highest BCUT2D eigenvalue weighted by molar-refractivity contribution is 5.86. The molecular formula is C25H33FN4O5. The zero-order valence-electron chi connectivity index (χ0n) is 20.1. The minimum atomic E-state index is -1.09. The first-order chi connectivity index (χ1) is 16.9. The van der Waals surface area contributed by atoms with Gasteiger partial charge in [-0.15, -0.1) is 5.10 Å². The van der Waals surface area contributed by atoms with Gasteiger partial charge in [0, 0.05) is 25.5 Å². The lowest BCUT2D eigenvalue weighted by molar-refractivity contribution is -0.210. The van der Waals surface area contributed by atoms with E-state index in [0.29, 0.717) is 23.2 Å². The van der Waals surface area contributed by atoms with Crippen LogP contribution in [-0.2, 0) is 14.3 Å². The van der Waals surface area contributed by atoms with Gasteiger partial charge in [-0.1, -0.05) is 28.9 Å². The van der Waals surface area contributed by atoms with Crippen molar-refractivity contribution in [1.82, 2.24) is 15.0 Å². The SMILES string of the molecule is COC1C(CC2=NOC3(CCCCC3)C2)OC(CO)C(O)C1n1cc(-c2ccc(C)c(F)c2)nn1. The van der Waals surface area contributed by atoms with E-state index in [1.165, 1.54) is 17.2 Å². The van der Waals surface area contributed by atoms with E-state index < -0.39 is 30.5 Å². The Labute approximate surface area is 203 Å². The number of aliphatic hydroxyl groups excluding tert-OH is 2. The van der Waals surface area contributed by atoms with Crippen LogP contribution in [0.2, 0.25) is 0 Å². The summed E-state index contributed by atoms with van der Waals surface area (Å²) in [5, 5.41) is 33.8. The molecule has 2 aliphatic heterocycles. The summed E-state index contributed by atoms with van der Waals surface area (Å²) in [6.45, 7) is 1.34. The van der Waals surface area contributed by atoms with Gasteiger partial charge in [-0.05, 0) is 44.2 Å². The highest BCUT2D eigenvalue weighted by Gasteiger charge is 2.49. The van der Waals surface area contributed by atoms with Crippen molar-refractivity contribution in [3.8, 4) is 11.3 Å². The monoisotopic (exact) mass is 488 g/mol. The van der Waals surface area contributed by atoms with Crippen LogP contribution in [0.4, 0.5) is 4.39 Å². The van der Waals surface area contributed by atoms with Gasteiger partial charge in [0.15, 0.2) is 0 Å². The molecule has 9 nitrogen and oxygen atoms in total. The van der Waals surface area contributed by atoms with Gasteiger partial charge < -0.3 is 24.5 Å². The summed E-state index contributed by atoms with van der Waals surface area (Å²) in [7, 11) is 1.56. The van der Waals surface area contributed by atoms with Crippen LogP contribution in [0.15, 0.2) is 29.6 Å². The Hall–Kier alpha value is -2.40. The third kappa shape index (κ3) is 4.72. The van der Waals surface area contributed by atoms with Gasteiger partial charge in [0.25, 0.3) is 0 Å². The highest BCUT2D eigenvalue weighted by atomic mass is 19.1. The molecule has 3 aliphatic rings. The van der Waals surface area contributed by atoms with Gasteiger partial charge in [0.2, 0.25) is 0 Å². The van der Waals surface area contributed by atoms with Crippen molar-refractivity contribution in [1.29, 1.82) is 0 Å². The number of aliphatic hydroxyl groups is 2. The first-order valence-electron chi connectivity index (χ1n) is 12.3. The number of nitrogens with zero attached hydrogens (tertiary/aromatic N) is 4. The van der Waals surface area contributed by atoms with E-state index in [0.717, 1.165) is 37.8 Å². The Balaban J connectivity index is 1.38. The first-order valence-corrected chi connectivity index (χ1v) is 12.3. The molecule has 2 aromatic rings. The lowest BCUT2D eigenvalue weighted by Crippen LogP contribution is -2.57. The molecule has 1 aliphatic carbocycles. The molecule has 10 heteroatoms. The molecular weight excluding hydrogens is 455 g/mol. The van der Waals surface area contributed by atoms with Crippen LogP contribution in [0.3, 0.4) is 0 Å². The Morgan fingerprint density at radius 2 is 2.03 bits per heavy atom. The van der Waals surface area contributed by atoms with Crippen LogP contribution < -0.4 is 0 Å². The number of rotatable bonds is 6. The fraction of sp³-hybridized carbons (Fsp3) is 0.640. The number of aryl methyl sites for hydroxylation is 1. The van der Waals surface area contributed by atoms with Crippen molar-refractivity contribution in [2.24, 2.45) is 5.16 Å². The summed E-state index contributed by atoms with van der Waals surface area (Å²) in [5.74, 6) is -0.325. The molecule has 0 bridgehead atoms. The number of oxime groups is 1. The number of aromatic nitrogens is 3. The molecule has 190 valence electrons. The standard InChI is InChI=1S/C25H33FN4O5/c1-15-6-7-16(10-18(15)26)19-13-30(29-27-19)22-23(32)21(14-31)34-20(24(22)33-2)11-17-12-25(35-28-17)8-4-3-5-9-25/h6-7,10,13,20-24,31-32H,3-5,8-9,11-12,14H2,1-2H3. The van der Waals surface area contributed by atoms with Gasteiger partial charge in [0.1, 0.15) is 41.5 Å². The van der Waals surface area contributed by atoms with Gasteiger partial charge in [0.05, 0.1) is 24.6 Å². The molecule has 5 atom stereocenters. The quantitative estimate of drug-likeness (QED) is 0.643. The zero-order chi connectivity index (χ0) is 24.6. The lowest BCUT2D eigenvalue weighted by Gasteiger charge is -2.43. The van der Waals surface area contributed by atoms with Crippen LogP contribution >= 0.6 is 0 Å². The number of benzene rings is 1. The molecule has 1 saturated carbocycles. The normalized spacial score (nSPS) is 30.3. The van der Waals surface area contributed by atoms with E-state index in [1.54, 1.807) is 32.4 Å². The predicted molar refractivity (Wildman–Crippen MR) is 125 cm³/mol. The fourth-order valence-corrected chi connectivity index (χ4v) is 5.64. The van der Waals surface area contributed by atoms with Crippen molar-refractivity contribution in [2.75, 3.05) is 13.7 Å². The second kappa shape index (κ2) is 9.93. The molecule has 0 amide bonds. The molecule has 5 unspecified atom stereocenters. The summed E-state index contributed by atoms with van der Waals surface area (Å²) in [4.78, 5) is 5.90. The molecule has 35 heavy (non-hydrogen) atoms. The van der Waals surface area contributed by atoms with Crippen molar-refractivity contribution in [3.05, 3.63) is 35.8 Å². The topological polar surface area (TPSA) is 111 Å². The maximum absolute atomic E-state index is 14.1.